The van der Waals surface area contributed by atoms with Gasteiger partial charge in [0.25, 0.3) is 0 Å². The topological polar surface area (TPSA) is 75.9 Å². The van der Waals surface area contributed by atoms with E-state index in [4.69, 9.17) is 4.74 Å². The maximum absolute atomic E-state index is 12.6. The summed E-state index contributed by atoms with van der Waals surface area (Å²) in [5.41, 5.74) is 1.81. The molecule has 3 aliphatic heterocycles. The average molecular weight is 364 g/mol. The zero-order valence-corrected chi connectivity index (χ0v) is 14.8. The third-order valence-electron chi connectivity index (χ3n) is 5.29. The van der Waals surface area contributed by atoms with E-state index in [-0.39, 0.29) is 24.6 Å². The van der Waals surface area contributed by atoms with Crippen LogP contribution in [0.1, 0.15) is 12.0 Å². The van der Waals surface area contributed by atoms with Gasteiger partial charge in [0.1, 0.15) is 18.8 Å². The summed E-state index contributed by atoms with van der Waals surface area (Å²) in [6.07, 6.45) is 2.65. The smallest absolute Gasteiger partial charge is 0.249 e. The lowest BCUT2D eigenvalue weighted by atomic mass is 9.87. The van der Waals surface area contributed by atoms with Crippen molar-refractivity contribution in [2.75, 3.05) is 24.6 Å². The van der Waals surface area contributed by atoms with Crippen molar-refractivity contribution in [1.82, 2.24) is 24.7 Å². The predicted octanol–water partition coefficient (Wildman–Crippen LogP) is 1.13. The number of aromatic nitrogens is 4. The summed E-state index contributed by atoms with van der Waals surface area (Å²) >= 11 is 0. The molecule has 3 saturated heterocycles. The molecule has 1 amide bonds. The van der Waals surface area contributed by atoms with E-state index in [2.05, 4.69) is 20.2 Å². The van der Waals surface area contributed by atoms with E-state index in [1.54, 1.807) is 10.8 Å². The largest absolute Gasteiger partial charge is 0.367 e. The van der Waals surface area contributed by atoms with Gasteiger partial charge in [-0.3, -0.25) is 4.79 Å². The Hall–Kier alpha value is -3.00. The van der Waals surface area contributed by atoms with Crippen LogP contribution in [0.15, 0.2) is 48.8 Å². The third-order valence-corrected chi connectivity index (χ3v) is 5.29. The molecule has 0 N–H and O–H groups in total. The first-order valence-electron chi connectivity index (χ1n) is 9.13. The standard InChI is InChI=1S/C19H20N6O2/c26-19(12-27-11-14-4-2-1-3-5-14)25-15-8-16(25)10-23(9-15)18-7-6-17-21-20-13-24(17)22-18/h1-7,13,15-16H,8-12H2. The van der Waals surface area contributed by atoms with Crippen LogP contribution in [-0.2, 0) is 16.1 Å². The van der Waals surface area contributed by atoms with Gasteiger partial charge in [-0.15, -0.1) is 15.3 Å². The fourth-order valence-electron chi connectivity index (χ4n) is 4.00. The Labute approximate surface area is 156 Å². The first-order valence-corrected chi connectivity index (χ1v) is 9.13. The van der Waals surface area contributed by atoms with Crippen LogP contribution in [0.2, 0.25) is 0 Å². The lowest BCUT2D eigenvalue weighted by Crippen LogP contribution is -2.70. The van der Waals surface area contributed by atoms with Crippen LogP contribution >= 0.6 is 0 Å². The molecule has 2 atom stereocenters. The van der Waals surface area contributed by atoms with Crippen LogP contribution in [0.25, 0.3) is 5.65 Å². The molecule has 8 heteroatoms. The fraction of sp³-hybridized carbons (Fsp3) is 0.368. The normalized spacial score (nSPS) is 21.3. The van der Waals surface area contributed by atoms with E-state index < -0.39 is 0 Å². The zero-order valence-electron chi connectivity index (χ0n) is 14.8. The highest BCUT2D eigenvalue weighted by atomic mass is 16.5. The highest BCUT2D eigenvalue weighted by Crippen LogP contribution is 2.34. The quantitative estimate of drug-likeness (QED) is 0.676. The van der Waals surface area contributed by atoms with Crippen LogP contribution < -0.4 is 4.90 Å². The molecule has 27 heavy (non-hydrogen) atoms. The zero-order chi connectivity index (χ0) is 18.2. The fourth-order valence-corrected chi connectivity index (χ4v) is 4.00. The number of anilines is 1. The number of piperazine rings is 1. The Morgan fingerprint density at radius 3 is 2.74 bits per heavy atom. The van der Waals surface area contributed by atoms with Crippen molar-refractivity contribution >= 4 is 17.4 Å². The molecule has 0 spiro atoms. The van der Waals surface area contributed by atoms with Gasteiger partial charge < -0.3 is 14.5 Å². The number of benzene rings is 1. The molecule has 2 unspecified atom stereocenters. The Morgan fingerprint density at radius 2 is 1.93 bits per heavy atom. The van der Waals surface area contributed by atoms with Crippen molar-refractivity contribution in [1.29, 1.82) is 0 Å². The summed E-state index contributed by atoms with van der Waals surface area (Å²) in [5.74, 6) is 0.971. The van der Waals surface area contributed by atoms with Crippen LogP contribution in [0, 0.1) is 0 Å². The maximum atomic E-state index is 12.6. The van der Waals surface area contributed by atoms with E-state index in [0.717, 1.165) is 36.5 Å². The van der Waals surface area contributed by atoms with Gasteiger partial charge in [-0.1, -0.05) is 30.3 Å². The summed E-state index contributed by atoms with van der Waals surface area (Å²) < 4.78 is 7.30. The Bertz CT molecular complexity index is 947. The number of hydrogen-bond donors (Lipinski definition) is 0. The van der Waals surface area contributed by atoms with Crippen molar-refractivity contribution in [3.05, 3.63) is 54.4 Å². The van der Waals surface area contributed by atoms with Crippen LogP contribution in [0.3, 0.4) is 0 Å². The first-order chi connectivity index (χ1) is 13.3. The van der Waals surface area contributed by atoms with Crippen molar-refractivity contribution in [2.24, 2.45) is 0 Å². The molecule has 0 aliphatic carbocycles. The molecule has 5 heterocycles. The first kappa shape index (κ1) is 16.2. The van der Waals surface area contributed by atoms with Crippen molar-refractivity contribution in [2.45, 2.75) is 25.1 Å². The second kappa shape index (κ2) is 6.62. The van der Waals surface area contributed by atoms with Crippen LogP contribution in [0.5, 0.6) is 0 Å². The number of piperidine rings is 1. The molecule has 2 bridgehead atoms. The van der Waals surface area contributed by atoms with Crippen molar-refractivity contribution in [3.63, 3.8) is 0 Å². The predicted molar refractivity (Wildman–Crippen MR) is 98.1 cm³/mol. The number of nitrogens with zero attached hydrogens (tertiary/aromatic N) is 6. The number of fused-ring (bicyclic) bond motifs is 3. The number of carbonyl (C=O) groups excluding carboxylic acids is 1. The minimum atomic E-state index is 0.0778. The highest BCUT2D eigenvalue weighted by Gasteiger charge is 2.47. The van der Waals surface area contributed by atoms with Gasteiger partial charge >= 0.3 is 0 Å². The van der Waals surface area contributed by atoms with E-state index in [1.807, 2.05) is 47.4 Å². The van der Waals surface area contributed by atoms with Gasteiger partial charge in [-0.2, -0.15) is 4.52 Å². The number of ether oxygens (including phenoxy) is 1. The maximum Gasteiger partial charge on any atom is 0.249 e. The average Bonchev–Trinajstić information content (AvgIpc) is 3.16. The van der Waals surface area contributed by atoms with E-state index in [1.165, 1.54) is 0 Å². The molecule has 8 nitrogen and oxygen atoms in total. The molecular formula is C19H20N6O2. The molecule has 3 fully saturated rings. The van der Waals surface area contributed by atoms with Gasteiger partial charge in [-0.25, -0.2) is 0 Å². The van der Waals surface area contributed by atoms with E-state index in [0.29, 0.717) is 6.61 Å². The number of hydrogen-bond acceptors (Lipinski definition) is 6. The number of amides is 1. The Balaban J connectivity index is 1.18. The minimum absolute atomic E-state index is 0.0778. The molecule has 3 aliphatic rings. The van der Waals surface area contributed by atoms with Gasteiger partial charge in [-0.05, 0) is 24.1 Å². The van der Waals surface area contributed by atoms with E-state index in [9.17, 15) is 4.79 Å². The van der Waals surface area contributed by atoms with Crippen molar-refractivity contribution < 1.29 is 9.53 Å². The van der Waals surface area contributed by atoms with Gasteiger partial charge in [0.15, 0.2) is 5.65 Å². The SMILES string of the molecule is O=C(COCc1ccccc1)N1C2CC1CN(c1ccc3nncn3n1)C2. The summed E-state index contributed by atoms with van der Waals surface area (Å²) in [5, 5.41) is 12.4. The summed E-state index contributed by atoms with van der Waals surface area (Å²) in [6.45, 7) is 2.18. The number of rotatable bonds is 5. The number of carbonyl (C=O) groups is 1. The lowest BCUT2D eigenvalue weighted by Gasteiger charge is -2.56. The molecule has 0 saturated carbocycles. The van der Waals surface area contributed by atoms with Gasteiger partial charge in [0.05, 0.1) is 18.7 Å². The Morgan fingerprint density at radius 1 is 1.11 bits per heavy atom. The molecule has 138 valence electrons. The van der Waals surface area contributed by atoms with Crippen LogP contribution in [0.4, 0.5) is 5.82 Å². The highest BCUT2D eigenvalue weighted by molar-refractivity contribution is 5.79. The van der Waals surface area contributed by atoms with Crippen molar-refractivity contribution in [3.8, 4) is 0 Å². The molecule has 2 aromatic heterocycles. The van der Waals surface area contributed by atoms with Gasteiger partial charge in [0, 0.05) is 13.1 Å². The molecule has 0 radical (unpaired) electrons. The van der Waals surface area contributed by atoms with Gasteiger partial charge in [0.2, 0.25) is 5.91 Å². The lowest BCUT2D eigenvalue weighted by molar-refractivity contribution is -0.151. The summed E-state index contributed by atoms with van der Waals surface area (Å²) in [7, 11) is 0. The second-order valence-electron chi connectivity index (χ2n) is 7.05. The molecule has 1 aromatic carbocycles. The Kier molecular flexibility index (Phi) is 3.97. The third kappa shape index (κ3) is 3.02. The monoisotopic (exact) mass is 364 g/mol. The molecule has 3 aromatic rings. The summed E-state index contributed by atoms with van der Waals surface area (Å²) in [4.78, 5) is 16.8. The van der Waals surface area contributed by atoms with Crippen LogP contribution in [-0.4, -0.2) is 62.4 Å². The van der Waals surface area contributed by atoms with E-state index >= 15 is 0 Å². The summed E-state index contributed by atoms with van der Waals surface area (Å²) in [6, 6.07) is 14.3. The second-order valence-corrected chi connectivity index (χ2v) is 7.05. The minimum Gasteiger partial charge on any atom is -0.367 e. The molecular weight excluding hydrogens is 344 g/mol. The molecule has 6 rings (SSSR count).